The number of fused-ring (bicyclic) bond motifs is 3. The summed E-state index contributed by atoms with van der Waals surface area (Å²) in [6, 6.07) is 16.3. The van der Waals surface area contributed by atoms with Crippen LogP contribution in [0, 0.1) is 5.41 Å². The van der Waals surface area contributed by atoms with Gasteiger partial charge in [-0.05, 0) is 49.4 Å². The number of nitrogens with zero attached hydrogens (tertiary/aromatic N) is 1. The van der Waals surface area contributed by atoms with E-state index in [0.29, 0.717) is 13.0 Å². The minimum Gasteiger partial charge on any atom is -0.449 e. The van der Waals surface area contributed by atoms with Gasteiger partial charge in [-0.1, -0.05) is 48.5 Å². The zero-order valence-corrected chi connectivity index (χ0v) is 19.4. The Morgan fingerprint density at radius 2 is 1.70 bits per heavy atom. The molecule has 1 atom stereocenters. The minimum absolute atomic E-state index is 0.0348. The standard InChI is InChI=1S/C26H31FN2O4/c1-25(2,3)33-24(31)29-13-12-26(15-27,17-29)16-28-23(30)32-14-22-20-10-6-4-8-18(20)19-9-5-7-11-21(19)22/h4-11,22H,12-17H2,1-3H3,(H,28,30)/t26-/m1/s1. The Hall–Kier alpha value is -3.09. The fraction of sp³-hybridized carbons (Fsp3) is 0.462. The van der Waals surface area contributed by atoms with Crippen molar-refractivity contribution in [1.29, 1.82) is 0 Å². The van der Waals surface area contributed by atoms with Crippen LogP contribution in [0.4, 0.5) is 14.0 Å². The summed E-state index contributed by atoms with van der Waals surface area (Å²) in [5, 5.41) is 2.72. The summed E-state index contributed by atoms with van der Waals surface area (Å²) in [4.78, 5) is 26.3. The molecule has 1 heterocycles. The van der Waals surface area contributed by atoms with Gasteiger partial charge in [-0.2, -0.15) is 0 Å². The maximum Gasteiger partial charge on any atom is 0.410 e. The molecular weight excluding hydrogens is 423 g/mol. The molecule has 0 unspecified atom stereocenters. The number of benzene rings is 2. The molecule has 0 radical (unpaired) electrons. The SMILES string of the molecule is CC(C)(C)OC(=O)N1CC[C@@](CF)(CNC(=O)OCC2c3ccccc3-c3ccccc32)C1. The number of carbonyl (C=O) groups excluding carboxylic acids is 2. The second-order valence-corrected chi connectivity index (χ2v) is 9.96. The molecule has 1 saturated heterocycles. The molecule has 0 spiro atoms. The van der Waals surface area contributed by atoms with Crippen molar-refractivity contribution >= 4 is 12.2 Å². The highest BCUT2D eigenvalue weighted by Crippen LogP contribution is 2.44. The number of rotatable bonds is 5. The molecule has 7 heteroatoms. The summed E-state index contributed by atoms with van der Waals surface area (Å²) in [7, 11) is 0. The topological polar surface area (TPSA) is 67.9 Å². The van der Waals surface area contributed by atoms with E-state index in [4.69, 9.17) is 9.47 Å². The Labute approximate surface area is 194 Å². The molecule has 0 bridgehead atoms. The number of amides is 2. The van der Waals surface area contributed by atoms with Gasteiger partial charge in [0.25, 0.3) is 0 Å². The number of ether oxygens (including phenoxy) is 2. The van der Waals surface area contributed by atoms with Gasteiger partial charge in [0, 0.05) is 31.0 Å². The van der Waals surface area contributed by atoms with Crippen LogP contribution in [-0.2, 0) is 9.47 Å². The fourth-order valence-corrected chi connectivity index (χ4v) is 4.63. The Kier molecular flexibility index (Phi) is 6.32. The molecule has 0 saturated carbocycles. The van der Waals surface area contributed by atoms with Gasteiger partial charge >= 0.3 is 12.2 Å². The van der Waals surface area contributed by atoms with E-state index in [0.717, 1.165) is 22.3 Å². The fourth-order valence-electron chi connectivity index (χ4n) is 4.63. The quantitative estimate of drug-likeness (QED) is 0.681. The van der Waals surface area contributed by atoms with Crippen LogP contribution >= 0.6 is 0 Å². The first-order valence-corrected chi connectivity index (χ1v) is 11.3. The van der Waals surface area contributed by atoms with Crippen molar-refractivity contribution in [2.45, 2.75) is 38.7 Å². The lowest BCUT2D eigenvalue weighted by molar-refractivity contribution is 0.0267. The van der Waals surface area contributed by atoms with Crippen LogP contribution in [-0.4, -0.2) is 55.6 Å². The van der Waals surface area contributed by atoms with E-state index in [-0.39, 0.29) is 25.6 Å². The minimum atomic E-state index is -0.831. The predicted octanol–water partition coefficient (Wildman–Crippen LogP) is 5.12. The van der Waals surface area contributed by atoms with E-state index < -0.39 is 29.9 Å². The van der Waals surface area contributed by atoms with Gasteiger partial charge in [0.2, 0.25) is 0 Å². The lowest BCUT2D eigenvalue weighted by atomic mass is 9.89. The van der Waals surface area contributed by atoms with Crippen molar-refractivity contribution < 1.29 is 23.5 Å². The molecule has 1 aliphatic carbocycles. The molecule has 2 amide bonds. The van der Waals surface area contributed by atoms with Crippen LogP contribution in [0.3, 0.4) is 0 Å². The molecule has 1 aliphatic heterocycles. The second kappa shape index (κ2) is 9.04. The van der Waals surface area contributed by atoms with Crippen molar-refractivity contribution in [3.05, 3.63) is 59.7 Å². The van der Waals surface area contributed by atoms with Crippen molar-refractivity contribution in [3.8, 4) is 11.1 Å². The van der Waals surface area contributed by atoms with Crippen molar-refractivity contribution in [3.63, 3.8) is 0 Å². The number of hydrogen-bond acceptors (Lipinski definition) is 4. The van der Waals surface area contributed by atoms with Crippen molar-refractivity contribution in [2.75, 3.05) is 32.9 Å². The Morgan fingerprint density at radius 1 is 1.09 bits per heavy atom. The van der Waals surface area contributed by atoms with E-state index >= 15 is 0 Å². The average Bonchev–Trinajstić information content (AvgIpc) is 3.36. The molecule has 2 aliphatic rings. The Morgan fingerprint density at radius 3 is 2.27 bits per heavy atom. The van der Waals surface area contributed by atoms with E-state index in [9.17, 15) is 14.0 Å². The number of alkyl halides is 1. The maximum absolute atomic E-state index is 14.0. The Bertz CT molecular complexity index is 989. The summed E-state index contributed by atoms with van der Waals surface area (Å²) in [5.41, 5.74) is 3.14. The molecule has 33 heavy (non-hydrogen) atoms. The lowest BCUT2D eigenvalue weighted by Gasteiger charge is -2.28. The molecule has 2 aromatic carbocycles. The molecular formula is C26H31FN2O4. The van der Waals surface area contributed by atoms with Gasteiger partial charge in [-0.25, -0.2) is 9.59 Å². The third-order valence-electron chi connectivity index (χ3n) is 6.32. The summed E-state index contributed by atoms with van der Waals surface area (Å²) >= 11 is 0. The summed E-state index contributed by atoms with van der Waals surface area (Å²) in [5.74, 6) is -0.0348. The smallest absolute Gasteiger partial charge is 0.410 e. The van der Waals surface area contributed by atoms with Crippen molar-refractivity contribution in [1.82, 2.24) is 10.2 Å². The van der Waals surface area contributed by atoms with Crippen LogP contribution in [0.5, 0.6) is 0 Å². The third kappa shape index (κ3) is 4.97. The average molecular weight is 455 g/mol. The van der Waals surface area contributed by atoms with E-state index in [1.165, 1.54) is 4.90 Å². The maximum atomic E-state index is 14.0. The normalized spacial score (nSPS) is 19.7. The number of hydrogen-bond donors (Lipinski definition) is 1. The number of halogens is 1. The summed E-state index contributed by atoms with van der Waals surface area (Å²) < 4.78 is 24.9. The highest BCUT2D eigenvalue weighted by Gasteiger charge is 2.42. The van der Waals surface area contributed by atoms with E-state index in [2.05, 4.69) is 29.6 Å². The van der Waals surface area contributed by atoms with Gasteiger partial charge in [-0.3, -0.25) is 4.39 Å². The van der Waals surface area contributed by atoms with Crippen LogP contribution in [0.25, 0.3) is 11.1 Å². The highest BCUT2D eigenvalue weighted by molar-refractivity contribution is 5.79. The Balaban J connectivity index is 1.33. The van der Waals surface area contributed by atoms with Crippen LogP contribution in [0.2, 0.25) is 0 Å². The van der Waals surface area contributed by atoms with Crippen LogP contribution in [0.1, 0.15) is 44.2 Å². The predicted molar refractivity (Wildman–Crippen MR) is 124 cm³/mol. The molecule has 2 aromatic rings. The van der Waals surface area contributed by atoms with Gasteiger partial charge in [0.05, 0.1) is 6.67 Å². The van der Waals surface area contributed by atoms with Gasteiger partial charge in [-0.15, -0.1) is 0 Å². The molecule has 1 fully saturated rings. The lowest BCUT2D eigenvalue weighted by Crippen LogP contribution is -2.43. The molecule has 1 N–H and O–H groups in total. The van der Waals surface area contributed by atoms with Gasteiger partial charge in [0.15, 0.2) is 0 Å². The van der Waals surface area contributed by atoms with E-state index in [1.807, 2.05) is 24.3 Å². The van der Waals surface area contributed by atoms with Crippen LogP contribution in [0.15, 0.2) is 48.5 Å². The van der Waals surface area contributed by atoms with Gasteiger partial charge in [0.1, 0.15) is 12.2 Å². The summed E-state index contributed by atoms with van der Waals surface area (Å²) in [6.07, 6.45) is -0.591. The first-order chi connectivity index (χ1) is 15.7. The third-order valence-corrected chi connectivity index (χ3v) is 6.32. The van der Waals surface area contributed by atoms with Crippen molar-refractivity contribution in [2.24, 2.45) is 5.41 Å². The molecule has 6 nitrogen and oxygen atoms in total. The number of alkyl carbamates (subject to hydrolysis) is 1. The molecule has 0 aromatic heterocycles. The highest BCUT2D eigenvalue weighted by atomic mass is 19.1. The molecule has 176 valence electrons. The summed E-state index contributed by atoms with van der Waals surface area (Å²) in [6.45, 7) is 5.63. The zero-order chi connectivity index (χ0) is 23.6. The van der Waals surface area contributed by atoms with Gasteiger partial charge < -0.3 is 19.7 Å². The molecule has 4 rings (SSSR count). The number of nitrogens with one attached hydrogen (secondary N) is 1. The largest absolute Gasteiger partial charge is 0.449 e. The van der Waals surface area contributed by atoms with E-state index in [1.54, 1.807) is 20.8 Å². The second-order valence-electron chi connectivity index (χ2n) is 9.96. The first-order valence-electron chi connectivity index (χ1n) is 11.3. The number of likely N-dealkylation sites (tertiary alicyclic amines) is 1. The van der Waals surface area contributed by atoms with Crippen LogP contribution < -0.4 is 5.32 Å². The monoisotopic (exact) mass is 454 g/mol. The zero-order valence-electron chi connectivity index (χ0n) is 19.4. The first kappa shape index (κ1) is 23.1. The number of carbonyl (C=O) groups is 2.